The van der Waals surface area contributed by atoms with Crippen LogP contribution in [-0.2, 0) is 9.53 Å². The number of benzene rings is 2. The molecule has 0 spiro atoms. The molecule has 5 heteroatoms. The Morgan fingerprint density at radius 1 is 1.04 bits per heavy atom. The molecular formula is C20H21F2NO2. The second kappa shape index (κ2) is 7.74. The van der Waals surface area contributed by atoms with Gasteiger partial charge >= 0.3 is 5.97 Å². The van der Waals surface area contributed by atoms with E-state index in [4.69, 9.17) is 4.74 Å². The fourth-order valence-corrected chi connectivity index (χ4v) is 3.12. The third-order valence-corrected chi connectivity index (χ3v) is 4.59. The molecule has 0 amide bonds. The summed E-state index contributed by atoms with van der Waals surface area (Å²) in [5.41, 5.74) is 0.985. The van der Waals surface area contributed by atoms with Crippen molar-refractivity contribution in [2.75, 3.05) is 20.1 Å². The zero-order valence-electron chi connectivity index (χ0n) is 14.1. The normalized spacial score (nSPS) is 16.2. The molecule has 1 fully saturated rings. The summed E-state index contributed by atoms with van der Waals surface area (Å²) in [4.78, 5) is 14.8. The molecule has 1 heterocycles. The second-order valence-corrected chi connectivity index (χ2v) is 6.50. The summed E-state index contributed by atoms with van der Waals surface area (Å²) in [7, 11) is 2.02. The lowest BCUT2D eigenvalue weighted by Crippen LogP contribution is -2.34. The summed E-state index contributed by atoms with van der Waals surface area (Å²) in [6.07, 6.45) is 0.640. The van der Waals surface area contributed by atoms with Gasteiger partial charge in [-0.15, -0.1) is 0 Å². The number of nitrogens with zero attached hydrogens (tertiary/aromatic N) is 1. The van der Waals surface area contributed by atoms with Gasteiger partial charge in [0.25, 0.3) is 0 Å². The Labute approximate surface area is 146 Å². The largest absolute Gasteiger partial charge is 0.452 e. The number of likely N-dealkylation sites (tertiary alicyclic amines) is 1. The minimum absolute atomic E-state index is 0.180. The van der Waals surface area contributed by atoms with E-state index in [9.17, 15) is 13.6 Å². The summed E-state index contributed by atoms with van der Waals surface area (Å²) in [5, 5.41) is 0. The number of carbonyl (C=O) groups is 1. The van der Waals surface area contributed by atoms with E-state index in [0.29, 0.717) is 11.1 Å². The van der Waals surface area contributed by atoms with Crippen LogP contribution in [0.4, 0.5) is 8.78 Å². The number of ether oxygens (including phenoxy) is 1. The number of halogens is 2. The Kier molecular flexibility index (Phi) is 5.43. The minimum atomic E-state index is -0.821. The van der Waals surface area contributed by atoms with Crippen LogP contribution in [0.5, 0.6) is 0 Å². The van der Waals surface area contributed by atoms with Crippen LogP contribution in [-0.4, -0.2) is 31.0 Å². The Morgan fingerprint density at radius 3 is 2.04 bits per heavy atom. The molecule has 0 aromatic heterocycles. The van der Waals surface area contributed by atoms with E-state index >= 15 is 0 Å². The first kappa shape index (κ1) is 17.5. The molecule has 0 N–H and O–H groups in total. The van der Waals surface area contributed by atoms with E-state index in [2.05, 4.69) is 4.90 Å². The van der Waals surface area contributed by atoms with Crippen LogP contribution in [0.1, 0.15) is 30.1 Å². The maximum absolute atomic E-state index is 13.6. The first-order valence-corrected chi connectivity index (χ1v) is 8.43. The highest BCUT2D eigenvalue weighted by Crippen LogP contribution is 2.29. The van der Waals surface area contributed by atoms with Crippen molar-refractivity contribution in [1.82, 2.24) is 4.90 Å². The molecule has 0 saturated carbocycles. The smallest absolute Gasteiger partial charge is 0.309 e. The zero-order chi connectivity index (χ0) is 17.8. The molecule has 0 atom stereocenters. The molecule has 0 aliphatic carbocycles. The topological polar surface area (TPSA) is 29.5 Å². The van der Waals surface area contributed by atoms with Gasteiger partial charge in [0, 0.05) is 0 Å². The number of hydrogen-bond acceptors (Lipinski definition) is 3. The Morgan fingerprint density at radius 2 is 1.56 bits per heavy atom. The van der Waals surface area contributed by atoms with Gasteiger partial charge in [0.15, 0.2) is 6.10 Å². The number of esters is 1. The van der Waals surface area contributed by atoms with Crippen LogP contribution < -0.4 is 0 Å². The molecule has 0 radical (unpaired) electrons. The standard InChI is InChI=1S/C20H21F2NO2/c1-23-10-8-14(9-11-23)20(24)25-19(15-4-2-6-17(21)12-15)16-5-3-7-18(22)13-16/h2-7,12-14,19H,8-11H2,1H3. The summed E-state index contributed by atoms with van der Waals surface area (Å²) in [6, 6.07) is 11.8. The van der Waals surface area contributed by atoms with Gasteiger partial charge in [-0.3, -0.25) is 4.79 Å². The lowest BCUT2D eigenvalue weighted by atomic mass is 9.96. The van der Waals surface area contributed by atoms with Crippen molar-refractivity contribution in [3.05, 3.63) is 71.3 Å². The Balaban J connectivity index is 1.85. The molecule has 0 bridgehead atoms. The third-order valence-electron chi connectivity index (χ3n) is 4.59. The van der Waals surface area contributed by atoms with Gasteiger partial charge in [0.2, 0.25) is 0 Å². The van der Waals surface area contributed by atoms with Crippen LogP contribution in [0.3, 0.4) is 0 Å². The molecule has 25 heavy (non-hydrogen) atoms. The average molecular weight is 345 g/mol. The number of carbonyl (C=O) groups excluding carboxylic acids is 1. The Hall–Kier alpha value is -2.27. The van der Waals surface area contributed by atoms with Gasteiger partial charge < -0.3 is 9.64 Å². The van der Waals surface area contributed by atoms with Crippen LogP contribution in [0, 0.1) is 17.6 Å². The monoisotopic (exact) mass is 345 g/mol. The van der Waals surface area contributed by atoms with Crippen molar-refractivity contribution in [2.24, 2.45) is 5.92 Å². The molecule has 3 nitrogen and oxygen atoms in total. The van der Waals surface area contributed by atoms with Gasteiger partial charge in [-0.25, -0.2) is 8.78 Å². The van der Waals surface area contributed by atoms with E-state index in [1.807, 2.05) is 7.05 Å². The van der Waals surface area contributed by atoms with Gasteiger partial charge in [-0.05, 0) is 68.4 Å². The van der Waals surface area contributed by atoms with Crippen molar-refractivity contribution >= 4 is 5.97 Å². The summed E-state index contributed by atoms with van der Waals surface area (Å²) in [6.45, 7) is 1.68. The maximum atomic E-state index is 13.6. The van der Waals surface area contributed by atoms with E-state index in [0.717, 1.165) is 25.9 Å². The SMILES string of the molecule is CN1CCC(C(=O)OC(c2cccc(F)c2)c2cccc(F)c2)CC1. The highest BCUT2D eigenvalue weighted by molar-refractivity contribution is 5.73. The second-order valence-electron chi connectivity index (χ2n) is 6.50. The van der Waals surface area contributed by atoms with Crippen molar-refractivity contribution in [3.8, 4) is 0 Å². The first-order chi connectivity index (χ1) is 12.0. The molecule has 0 unspecified atom stereocenters. The maximum Gasteiger partial charge on any atom is 0.309 e. The minimum Gasteiger partial charge on any atom is -0.452 e. The number of rotatable bonds is 4. The Bertz CT molecular complexity index is 696. The number of hydrogen-bond donors (Lipinski definition) is 0. The molecule has 1 aliphatic rings. The summed E-state index contributed by atoms with van der Waals surface area (Å²) >= 11 is 0. The molecule has 1 aliphatic heterocycles. The molecule has 2 aromatic rings. The molecule has 132 valence electrons. The third kappa shape index (κ3) is 4.42. The molecule has 1 saturated heterocycles. The summed E-state index contributed by atoms with van der Waals surface area (Å²) in [5.74, 6) is -1.34. The van der Waals surface area contributed by atoms with Crippen LogP contribution in [0.25, 0.3) is 0 Å². The van der Waals surface area contributed by atoms with E-state index < -0.39 is 17.7 Å². The highest BCUT2D eigenvalue weighted by atomic mass is 19.1. The lowest BCUT2D eigenvalue weighted by molar-refractivity contribution is -0.154. The predicted octanol–water partition coefficient (Wildman–Crippen LogP) is 3.94. The van der Waals surface area contributed by atoms with Crippen LogP contribution >= 0.6 is 0 Å². The van der Waals surface area contributed by atoms with E-state index in [1.54, 1.807) is 24.3 Å². The summed E-state index contributed by atoms with van der Waals surface area (Å²) < 4.78 is 33.0. The zero-order valence-corrected chi connectivity index (χ0v) is 14.1. The van der Waals surface area contributed by atoms with E-state index in [-0.39, 0.29) is 11.9 Å². The average Bonchev–Trinajstić information content (AvgIpc) is 2.60. The van der Waals surface area contributed by atoms with Gasteiger partial charge in [0.1, 0.15) is 11.6 Å². The quantitative estimate of drug-likeness (QED) is 0.786. The first-order valence-electron chi connectivity index (χ1n) is 8.43. The highest BCUT2D eigenvalue weighted by Gasteiger charge is 2.28. The van der Waals surface area contributed by atoms with Gasteiger partial charge in [-0.2, -0.15) is 0 Å². The van der Waals surface area contributed by atoms with Gasteiger partial charge in [-0.1, -0.05) is 24.3 Å². The molecule has 3 rings (SSSR count). The van der Waals surface area contributed by atoms with Crippen molar-refractivity contribution in [1.29, 1.82) is 0 Å². The fraction of sp³-hybridized carbons (Fsp3) is 0.350. The van der Waals surface area contributed by atoms with Crippen molar-refractivity contribution < 1.29 is 18.3 Å². The van der Waals surface area contributed by atoms with Gasteiger partial charge in [0.05, 0.1) is 5.92 Å². The fourth-order valence-electron chi connectivity index (χ4n) is 3.12. The predicted molar refractivity (Wildman–Crippen MR) is 91.0 cm³/mol. The van der Waals surface area contributed by atoms with Crippen LogP contribution in [0.15, 0.2) is 48.5 Å². The molecular weight excluding hydrogens is 324 g/mol. The lowest BCUT2D eigenvalue weighted by Gasteiger charge is -2.29. The number of piperidine rings is 1. The molecule has 2 aromatic carbocycles. The van der Waals surface area contributed by atoms with Crippen molar-refractivity contribution in [3.63, 3.8) is 0 Å². The van der Waals surface area contributed by atoms with Crippen molar-refractivity contribution in [2.45, 2.75) is 18.9 Å². The van der Waals surface area contributed by atoms with Crippen LogP contribution in [0.2, 0.25) is 0 Å². The van der Waals surface area contributed by atoms with E-state index in [1.165, 1.54) is 24.3 Å².